The fourth-order valence-electron chi connectivity index (χ4n) is 3.44. The van der Waals surface area contributed by atoms with Gasteiger partial charge in [-0.15, -0.1) is 0 Å². The zero-order chi connectivity index (χ0) is 17.1. The number of amides is 1. The van der Waals surface area contributed by atoms with Gasteiger partial charge in [0.1, 0.15) is 5.69 Å². The molecule has 25 heavy (non-hydrogen) atoms. The summed E-state index contributed by atoms with van der Waals surface area (Å²) in [6.45, 7) is 3.50. The molecule has 2 atom stereocenters. The van der Waals surface area contributed by atoms with Crippen molar-refractivity contribution in [3.63, 3.8) is 0 Å². The van der Waals surface area contributed by atoms with Crippen LogP contribution in [0.2, 0.25) is 0 Å². The number of hydrogen-bond donors (Lipinski definition) is 0. The van der Waals surface area contributed by atoms with Gasteiger partial charge < -0.3 is 14.5 Å². The molecule has 8 nitrogen and oxygen atoms in total. The fourth-order valence-corrected chi connectivity index (χ4v) is 3.44. The van der Waals surface area contributed by atoms with Crippen LogP contribution in [0.25, 0.3) is 0 Å². The Hall–Kier alpha value is -2.61. The van der Waals surface area contributed by atoms with E-state index in [4.69, 9.17) is 4.74 Å². The molecule has 2 saturated heterocycles. The third-order valence-electron chi connectivity index (χ3n) is 4.75. The average molecular weight is 340 g/mol. The second-order valence-electron chi connectivity index (χ2n) is 6.29. The second kappa shape index (κ2) is 7.10. The molecule has 2 aromatic heterocycles. The topological polar surface area (TPSA) is 84.3 Å². The molecule has 8 heteroatoms. The van der Waals surface area contributed by atoms with Crippen LogP contribution in [0.1, 0.15) is 16.9 Å². The van der Waals surface area contributed by atoms with E-state index in [1.807, 2.05) is 11.0 Å². The summed E-state index contributed by atoms with van der Waals surface area (Å²) >= 11 is 0. The van der Waals surface area contributed by atoms with Crippen molar-refractivity contribution in [3.8, 4) is 0 Å². The molecule has 0 spiro atoms. The minimum absolute atomic E-state index is 0.0306. The van der Waals surface area contributed by atoms with Crippen LogP contribution >= 0.6 is 0 Å². The number of likely N-dealkylation sites (tertiary alicyclic amines) is 1. The molecule has 4 rings (SSSR count). The lowest BCUT2D eigenvalue weighted by Crippen LogP contribution is -2.49. The minimum atomic E-state index is -0.0809. The predicted molar refractivity (Wildman–Crippen MR) is 90.0 cm³/mol. The van der Waals surface area contributed by atoms with Gasteiger partial charge in [-0.3, -0.25) is 9.78 Å². The van der Waals surface area contributed by atoms with Gasteiger partial charge in [-0.05, 0) is 12.5 Å². The van der Waals surface area contributed by atoms with Gasteiger partial charge >= 0.3 is 0 Å². The van der Waals surface area contributed by atoms with Gasteiger partial charge in [0.15, 0.2) is 0 Å². The Balaban J connectivity index is 1.44. The second-order valence-corrected chi connectivity index (χ2v) is 6.29. The summed E-state index contributed by atoms with van der Waals surface area (Å²) in [7, 11) is 0. The minimum Gasteiger partial charge on any atom is -0.374 e. The Kier molecular flexibility index (Phi) is 4.51. The molecule has 0 saturated carbocycles. The highest BCUT2D eigenvalue weighted by Crippen LogP contribution is 2.26. The Morgan fingerprint density at radius 2 is 1.96 bits per heavy atom. The van der Waals surface area contributed by atoms with E-state index >= 15 is 0 Å². The normalized spacial score (nSPS) is 23.7. The fraction of sp³-hybridized carbons (Fsp3) is 0.471. The SMILES string of the molecule is O=C(c1cnccn1)N1CCC2CN(c3ncccn3)CCOC2C1. The molecule has 0 N–H and O–H groups in total. The van der Waals surface area contributed by atoms with Crippen LogP contribution in [-0.4, -0.2) is 69.6 Å². The highest BCUT2D eigenvalue weighted by atomic mass is 16.5. The van der Waals surface area contributed by atoms with E-state index in [2.05, 4.69) is 24.8 Å². The zero-order valence-electron chi connectivity index (χ0n) is 13.9. The molecule has 2 fully saturated rings. The van der Waals surface area contributed by atoms with Crippen molar-refractivity contribution in [2.45, 2.75) is 12.5 Å². The summed E-state index contributed by atoms with van der Waals surface area (Å²) in [5.74, 6) is 1.02. The van der Waals surface area contributed by atoms with Crippen molar-refractivity contribution in [3.05, 3.63) is 42.7 Å². The first-order valence-corrected chi connectivity index (χ1v) is 8.50. The van der Waals surface area contributed by atoms with Crippen molar-refractivity contribution in [1.82, 2.24) is 24.8 Å². The Labute approximate surface area is 145 Å². The lowest BCUT2D eigenvalue weighted by atomic mass is 9.93. The van der Waals surface area contributed by atoms with Gasteiger partial charge in [-0.25, -0.2) is 15.0 Å². The third-order valence-corrected chi connectivity index (χ3v) is 4.75. The third kappa shape index (κ3) is 3.43. The number of carbonyl (C=O) groups is 1. The van der Waals surface area contributed by atoms with E-state index in [1.165, 1.54) is 6.20 Å². The van der Waals surface area contributed by atoms with Gasteiger partial charge in [0.05, 0.1) is 18.9 Å². The van der Waals surface area contributed by atoms with E-state index < -0.39 is 0 Å². The van der Waals surface area contributed by atoms with Crippen LogP contribution in [0.4, 0.5) is 5.95 Å². The average Bonchev–Trinajstić information content (AvgIpc) is 2.90. The van der Waals surface area contributed by atoms with E-state index in [-0.39, 0.29) is 12.0 Å². The summed E-state index contributed by atoms with van der Waals surface area (Å²) in [4.78, 5) is 33.3. The molecule has 130 valence electrons. The molecular formula is C17H20N6O2. The van der Waals surface area contributed by atoms with Crippen molar-refractivity contribution >= 4 is 11.9 Å². The molecule has 4 heterocycles. The molecule has 0 aliphatic carbocycles. The number of carbonyl (C=O) groups excluding carboxylic acids is 1. The van der Waals surface area contributed by atoms with Gasteiger partial charge in [0.2, 0.25) is 5.95 Å². The number of ether oxygens (including phenoxy) is 1. The Morgan fingerprint density at radius 3 is 2.76 bits per heavy atom. The summed E-state index contributed by atoms with van der Waals surface area (Å²) in [6, 6.07) is 1.82. The smallest absolute Gasteiger partial charge is 0.274 e. The highest BCUT2D eigenvalue weighted by molar-refractivity contribution is 5.92. The van der Waals surface area contributed by atoms with Gasteiger partial charge in [-0.2, -0.15) is 0 Å². The van der Waals surface area contributed by atoms with E-state index in [0.29, 0.717) is 31.3 Å². The number of hydrogen-bond acceptors (Lipinski definition) is 7. The molecule has 2 unspecified atom stereocenters. The lowest BCUT2D eigenvalue weighted by molar-refractivity contribution is -0.0170. The molecular weight excluding hydrogens is 320 g/mol. The quantitative estimate of drug-likeness (QED) is 0.793. The number of rotatable bonds is 2. The number of nitrogens with zero attached hydrogens (tertiary/aromatic N) is 6. The summed E-state index contributed by atoms with van der Waals surface area (Å²) in [5.41, 5.74) is 0.383. The zero-order valence-corrected chi connectivity index (χ0v) is 13.9. The molecule has 0 aromatic carbocycles. The number of fused-ring (bicyclic) bond motifs is 1. The van der Waals surface area contributed by atoms with Crippen LogP contribution in [0.5, 0.6) is 0 Å². The van der Waals surface area contributed by atoms with Crippen LogP contribution in [0.15, 0.2) is 37.1 Å². The standard InChI is InChI=1S/C17H20N6O2/c24-16(14-10-18-5-6-19-14)22-7-2-13-11-23(8-9-25-15(13)12-22)17-20-3-1-4-21-17/h1,3-6,10,13,15H,2,7-9,11-12H2. The largest absolute Gasteiger partial charge is 0.374 e. The van der Waals surface area contributed by atoms with Crippen LogP contribution < -0.4 is 4.90 Å². The van der Waals surface area contributed by atoms with E-state index in [9.17, 15) is 4.79 Å². The highest BCUT2D eigenvalue weighted by Gasteiger charge is 2.36. The number of piperidine rings is 1. The molecule has 2 aliphatic rings. The Morgan fingerprint density at radius 1 is 1.08 bits per heavy atom. The summed E-state index contributed by atoms with van der Waals surface area (Å²) in [5, 5.41) is 0. The monoisotopic (exact) mass is 340 g/mol. The molecule has 0 bridgehead atoms. The maximum atomic E-state index is 12.6. The summed E-state index contributed by atoms with van der Waals surface area (Å²) in [6.07, 6.45) is 9.05. The lowest BCUT2D eigenvalue weighted by Gasteiger charge is -2.37. The van der Waals surface area contributed by atoms with E-state index in [0.717, 1.165) is 25.5 Å². The van der Waals surface area contributed by atoms with Crippen LogP contribution in [0.3, 0.4) is 0 Å². The van der Waals surface area contributed by atoms with Crippen LogP contribution in [-0.2, 0) is 4.74 Å². The first-order valence-electron chi connectivity index (χ1n) is 8.50. The molecule has 0 radical (unpaired) electrons. The predicted octanol–water partition coefficient (Wildman–Crippen LogP) is 0.634. The molecule has 1 amide bonds. The molecule has 2 aromatic rings. The van der Waals surface area contributed by atoms with E-state index in [1.54, 1.807) is 24.8 Å². The van der Waals surface area contributed by atoms with Gasteiger partial charge in [-0.1, -0.05) is 0 Å². The summed E-state index contributed by atoms with van der Waals surface area (Å²) < 4.78 is 6.05. The first-order chi connectivity index (χ1) is 12.3. The number of aromatic nitrogens is 4. The Bertz CT molecular complexity index is 714. The van der Waals surface area contributed by atoms with Crippen LogP contribution in [0, 0.1) is 5.92 Å². The van der Waals surface area contributed by atoms with Crippen molar-refractivity contribution in [2.75, 3.05) is 37.7 Å². The van der Waals surface area contributed by atoms with Crippen molar-refractivity contribution in [2.24, 2.45) is 5.92 Å². The molecule has 2 aliphatic heterocycles. The maximum absolute atomic E-state index is 12.6. The van der Waals surface area contributed by atoms with Gasteiger partial charge in [0.25, 0.3) is 5.91 Å². The van der Waals surface area contributed by atoms with Crippen molar-refractivity contribution in [1.29, 1.82) is 0 Å². The maximum Gasteiger partial charge on any atom is 0.274 e. The number of anilines is 1. The van der Waals surface area contributed by atoms with Crippen molar-refractivity contribution < 1.29 is 9.53 Å². The van der Waals surface area contributed by atoms with Gasteiger partial charge in [0, 0.05) is 56.9 Å². The first kappa shape index (κ1) is 15.9.